The van der Waals surface area contributed by atoms with E-state index in [9.17, 15) is 22.8 Å². The molecule has 1 aromatic carbocycles. The molecule has 0 saturated heterocycles. The van der Waals surface area contributed by atoms with Gasteiger partial charge in [0.2, 0.25) is 0 Å². The molecule has 0 spiro atoms. The Bertz CT molecular complexity index is 725. The Morgan fingerprint density at radius 1 is 1.20 bits per heavy atom. The topological polar surface area (TPSA) is 122 Å². The fourth-order valence-electron chi connectivity index (χ4n) is 2.63. The van der Waals surface area contributed by atoms with Crippen molar-refractivity contribution in [3.05, 3.63) is 42.0 Å². The molecule has 0 bridgehead atoms. The second-order valence-corrected chi connectivity index (χ2v) is 8.34. The normalized spacial score (nSPS) is 14.4. The number of aliphatic hydroxyl groups is 1. The molecule has 7 nitrogen and oxygen atoms in total. The highest BCUT2D eigenvalue weighted by molar-refractivity contribution is 7.46. The van der Waals surface area contributed by atoms with Crippen LogP contribution in [0.25, 0.3) is 0 Å². The van der Waals surface area contributed by atoms with Gasteiger partial charge in [-0.15, -0.1) is 6.58 Å². The van der Waals surface area contributed by atoms with E-state index in [1.165, 1.54) is 12.1 Å². The van der Waals surface area contributed by atoms with Crippen LogP contribution in [0.3, 0.4) is 0 Å². The van der Waals surface area contributed by atoms with E-state index in [4.69, 9.17) is 20.3 Å². The minimum atomic E-state index is -4.79. The summed E-state index contributed by atoms with van der Waals surface area (Å²) in [6, 6.07) is 3.66. The van der Waals surface area contributed by atoms with Crippen molar-refractivity contribution < 1.29 is 41.9 Å². The summed E-state index contributed by atoms with van der Waals surface area (Å²) < 4.78 is 60.8. The third kappa shape index (κ3) is 10.1. The van der Waals surface area contributed by atoms with Crippen LogP contribution in [0, 0.1) is 0 Å². The van der Waals surface area contributed by atoms with Crippen molar-refractivity contribution in [2.45, 2.75) is 50.2 Å². The zero-order valence-corrected chi connectivity index (χ0v) is 17.5. The molecular weight excluding hydrogens is 426 g/mol. The van der Waals surface area contributed by atoms with E-state index in [2.05, 4.69) is 11.1 Å². The number of hydrogen-bond donors (Lipinski definition) is 4. The van der Waals surface area contributed by atoms with Crippen LogP contribution in [-0.2, 0) is 21.7 Å². The van der Waals surface area contributed by atoms with E-state index < -0.39 is 38.3 Å². The molecule has 1 aromatic rings. The van der Waals surface area contributed by atoms with Gasteiger partial charge in [-0.05, 0) is 56.2 Å². The molecule has 1 unspecified atom stereocenters. The van der Waals surface area contributed by atoms with Crippen LogP contribution in [-0.4, -0.2) is 40.3 Å². The average Bonchev–Trinajstić information content (AvgIpc) is 2.66. The molecule has 0 amide bonds. The molecule has 0 heterocycles. The number of unbranched alkanes of at least 4 members (excludes halogenated alkanes) is 3. The molecule has 11 heteroatoms. The number of hydrogen-bond acceptors (Lipinski definition) is 5. The predicted molar refractivity (Wildman–Crippen MR) is 106 cm³/mol. The summed E-state index contributed by atoms with van der Waals surface area (Å²) in [5, 5.41) is 9.40. The van der Waals surface area contributed by atoms with Gasteiger partial charge in [0.05, 0.1) is 30.9 Å². The maximum atomic E-state index is 13.4. The summed E-state index contributed by atoms with van der Waals surface area (Å²) in [5.74, 6) is -0.263. The lowest BCUT2D eigenvalue weighted by molar-refractivity contribution is -0.139. The first-order valence-corrected chi connectivity index (χ1v) is 11.0. The van der Waals surface area contributed by atoms with Gasteiger partial charge in [0.25, 0.3) is 0 Å². The third-order valence-electron chi connectivity index (χ3n) is 4.41. The lowest BCUT2D eigenvalue weighted by Crippen LogP contribution is -2.48. The first-order valence-electron chi connectivity index (χ1n) is 9.44. The quantitative estimate of drug-likeness (QED) is 0.192. The van der Waals surface area contributed by atoms with Crippen molar-refractivity contribution in [3.8, 4) is 5.75 Å². The van der Waals surface area contributed by atoms with Crippen LogP contribution in [0.4, 0.5) is 13.2 Å². The smallest absolute Gasteiger partial charge is 0.469 e. The molecule has 5 N–H and O–H groups in total. The molecule has 0 fully saturated rings. The second kappa shape index (κ2) is 11.8. The number of allylic oxidation sites excluding steroid dienone is 1. The summed E-state index contributed by atoms with van der Waals surface area (Å²) in [7, 11) is -4.79. The largest absolute Gasteiger partial charge is 0.493 e. The number of halogens is 3. The summed E-state index contributed by atoms with van der Waals surface area (Å²) in [6.45, 7) is 2.47. The van der Waals surface area contributed by atoms with E-state index >= 15 is 0 Å². The Morgan fingerprint density at radius 3 is 2.47 bits per heavy atom. The first-order chi connectivity index (χ1) is 13.9. The average molecular weight is 455 g/mol. The third-order valence-corrected chi connectivity index (χ3v) is 4.87. The fraction of sp³-hybridized carbons (Fsp3) is 0.579. The van der Waals surface area contributed by atoms with Crippen LogP contribution in [0.5, 0.6) is 5.75 Å². The number of alkyl halides is 3. The Morgan fingerprint density at radius 2 is 1.90 bits per heavy atom. The summed E-state index contributed by atoms with van der Waals surface area (Å²) in [5.41, 5.74) is 3.72. The van der Waals surface area contributed by atoms with Gasteiger partial charge in [-0.2, -0.15) is 13.2 Å². The van der Waals surface area contributed by atoms with E-state index in [0.717, 1.165) is 25.3 Å². The van der Waals surface area contributed by atoms with E-state index in [1.54, 1.807) is 6.08 Å². The van der Waals surface area contributed by atoms with Gasteiger partial charge in [0.1, 0.15) is 5.75 Å². The van der Waals surface area contributed by atoms with Gasteiger partial charge in [-0.25, -0.2) is 4.57 Å². The lowest BCUT2D eigenvalue weighted by atomic mass is 9.93. The molecule has 0 aliphatic heterocycles. The summed E-state index contributed by atoms with van der Waals surface area (Å²) >= 11 is 0. The Kier molecular flexibility index (Phi) is 10.5. The van der Waals surface area contributed by atoms with Crippen molar-refractivity contribution in [2.24, 2.45) is 5.73 Å². The Balaban J connectivity index is 2.79. The fourth-order valence-corrected chi connectivity index (χ4v) is 3.06. The van der Waals surface area contributed by atoms with Crippen molar-refractivity contribution in [2.75, 3.05) is 19.8 Å². The SMILES string of the molecule is C=CCCCCCOc1ccc(CCC(N)(CO)COP(=O)(O)O)cc1C(F)(F)F. The monoisotopic (exact) mass is 455 g/mol. The summed E-state index contributed by atoms with van der Waals surface area (Å²) in [4.78, 5) is 17.5. The number of aliphatic hydroxyl groups excluding tert-OH is 1. The first kappa shape index (κ1) is 26.6. The van der Waals surface area contributed by atoms with Gasteiger partial charge in [0, 0.05) is 0 Å². The highest BCUT2D eigenvalue weighted by Crippen LogP contribution is 2.38. The number of ether oxygens (including phenoxy) is 1. The van der Waals surface area contributed by atoms with Crippen molar-refractivity contribution in [1.29, 1.82) is 0 Å². The number of nitrogens with two attached hydrogens (primary N) is 1. The maximum absolute atomic E-state index is 13.4. The van der Waals surface area contributed by atoms with E-state index in [0.29, 0.717) is 12.0 Å². The van der Waals surface area contributed by atoms with Crippen LogP contribution < -0.4 is 10.5 Å². The van der Waals surface area contributed by atoms with Crippen LogP contribution in [0.15, 0.2) is 30.9 Å². The molecule has 0 aromatic heterocycles. The zero-order valence-electron chi connectivity index (χ0n) is 16.6. The van der Waals surface area contributed by atoms with Gasteiger partial charge in [0.15, 0.2) is 0 Å². The summed E-state index contributed by atoms with van der Waals surface area (Å²) in [6.07, 6.45) is 0.339. The number of phosphoric acid groups is 1. The van der Waals surface area contributed by atoms with Crippen LogP contribution in [0.1, 0.15) is 43.2 Å². The van der Waals surface area contributed by atoms with Gasteiger partial charge in [-0.1, -0.05) is 12.1 Å². The predicted octanol–water partition coefficient (Wildman–Crippen LogP) is 3.56. The molecular formula is C19H29F3NO6P. The minimum absolute atomic E-state index is 0.0342. The number of phosphoric ester groups is 1. The number of rotatable bonds is 14. The number of benzene rings is 1. The van der Waals surface area contributed by atoms with Gasteiger partial charge >= 0.3 is 14.0 Å². The van der Waals surface area contributed by atoms with E-state index in [1.807, 2.05) is 0 Å². The molecule has 30 heavy (non-hydrogen) atoms. The standard InChI is InChI=1S/C19H29F3NO6P/c1-2-3-4-5-6-11-28-17-8-7-15(12-16(17)19(20,21)22)9-10-18(23,13-24)14-29-30(25,26)27/h2,7-8,12,24H,1,3-6,9-11,13-14,23H2,(H2,25,26,27). The van der Waals surface area contributed by atoms with Crippen LogP contribution in [0.2, 0.25) is 0 Å². The highest BCUT2D eigenvalue weighted by atomic mass is 31.2. The maximum Gasteiger partial charge on any atom is 0.469 e. The molecule has 1 atom stereocenters. The van der Waals surface area contributed by atoms with E-state index in [-0.39, 0.29) is 25.2 Å². The Labute approximate surface area is 173 Å². The minimum Gasteiger partial charge on any atom is -0.493 e. The van der Waals surface area contributed by atoms with Crippen molar-refractivity contribution >= 4 is 7.82 Å². The molecule has 0 saturated carbocycles. The van der Waals surface area contributed by atoms with Crippen molar-refractivity contribution in [1.82, 2.24) is 0 Å². The molecule has 172 valence electrons. The molecule has 0 aliphatic rings. The second-order valence-electron chi connectivity index (χ2n) is 7.10. The van der Waals surface area contributed by atoms with Gasteiger partial charge in [-0.3, -0.25) is 4.52 Å². The van der Waals surface area contributed by atoms with Gasteiger partial charge < -0.3 is 25.4 Å². The highest BCUT2D eigenvalue weighted by Gasteiger charge is 2.35. The molecule has 0 aliphatic carbocycles. The number of aryl methyl sites for hydroxylation is 1. The molecule has 1 rings (SSSR count). The van der Waals surface area contributed by atoms with Crippen molar-refractivity contribution in [3.63, 3.8) is 0 Å². The lowest BCUT2D eigenvalue weighted by Gasteiger charge is -2.27. The molecule has 0 radical (unpaired) electrons. The Hall–Kier alpha value is -1.42. The van der Waals surface area contributed by atoms with Crippen LogP contribution >= 0.6 is 7.82 Å². The zero-order chi connectivity index (χ0) is 22.8.